The molecule has 6 nitrogen and oxygen atoms in total. The number of methoxy groups -OCH3 is 2. The van der Waals surface area contributed by atoms with Crippen molar-refractivity contribution in [1.82, 2.24) is 10.9 Å². The number of para-hydroxylation sites is 1. The molecule has 2 aromatic carbocycles. The van der Waals surface area contributed by atoms with E-state index in [-0.39, 0.29) is 0 Å². The zero-order valence-electron chi connectivity index (χ0n) is 13.7. The lowest BCUT2D eigenvalue weighted by Crippen LogP contribution is -2.40. The molecule has 0 saturated heterocycles. The van der Waals surface area contributed by atoms with Crippen LogP contribution in [0.4, 0.5) is 0 Å². The second kappa shape index (κ2) is 8.89. The fraction of sp³-hybridized carbons (Fsp3) is 0.111. The molecule has 0 atom stereocenters. The van der Waals surface area contributed by atoms with Crippen LogP contribution in [-0.4, -0.2) is 26.0 Å². The van der Waals surface area contributed by atoms with E-state index in [0.717, 1.165) is 0 Å². The Morgan fingerprint density at radius 3 is 2.44 bits per heavy atom. The van der Waals surface area contributed by atoms with Gasteiger partial charge in [0.05, 0.1) is 19.8 Å². The van der Waals surface area contributed by atoms with Gasteiger partial charge in [-0.05, 0) is 40.2 Å². The standard InChI is InChI=1S/C18H17BrN2O4/c1-24-15-9-5-6-12(17(15)25-2)10-11-16(22)20-21-18(23)13-7-3-4-8-14(13)19/h3-11H,1-2H3,(H,20,22)(H,21,23)/b11-10+. The third kappa shape index (κ3) is 4.84. The molecule has 2 N–H and O–H groups in total. The molecule has 7 heteroatoms. The summed E-state index contributed by atoms with van der Waals surface area (Å²) >= 11 is 3.28. The van der Waals surface area contributed by atoms with Crippen molar-refractivity contribution in [2.24, 2.45) is 0 Å². The molecule has 0 aromatic heterocycles. The van der Waals surface area contributed by atoms with Crippen LogP contribution in [-0.2, 0) is 4.79 Å². The Morgan fingerprint density at radius 2 is 1.76 bits per heavy atom. The normalized spacial score (nSPS) is 10.4. The van der Waals surface area contributed by atoms with E-state index < -0.39 is 11.8 Å². The van der Waals surface area contributed by atoms with Crippen molar-refractivity contribution in [2.75, 3.05) is 14.2 Å². The molecule has 0 aliphatic heterocycles. The predicted molar refractivity (Wildman–Crippen MR) is 98.3 cm³/mol. The van der Waals surface area contributed by atoms with Crippen LogP contribution in [0.3, 0.4) is 0 Å². The highest BCUT2D eigenvalue weighted by atomic mass is 79.9. The van der Waals surface area contributed by atoms with Gasteiger partial charge in [0.2, 0.25) is 0 Å². The van der Waals surface area contributed by atoms with Gasteiger partial charge < -0.3 is 9.47 Å². The molecule has 0 heterocycles. The molecule has 2 rings (SSSR count). The van der Waals surface area contributed by atoms with Crippen molar-refractivity contribution in [3.05, 3.63) is 64.1 Å². The van der Waals surface area contributed by atoms with Gasteiger partial charge in [0.25, 0.3) is 11.8 Å². The van der Waals surface area contributed by atoms with Crippen molar-refractivity contribution in [2.45, 2.75) is 0 Å². The highest BCUT2D eigenvalue weighted by Crippen LogP contribution is 2.31. The molecule has 130 valence electrons. The van der Waals surface area contributed by atoms with Gasteiger partial charge >= 0.3 is 0 Å². The molecule has 0 bridgehead atoms. The summed E-state index contributed by atoms with van der Waals surface area (Å²) in [6.07, 6.45) is 2.86. The number of carbonyl (C=O) groups excluding carboxylic acids is 2. The summed E-state index contributed by atoms with van der Waals surface area (Å²) in [5, 5.41) is 0. The van der Waals surface area contributed by atoms with E-state index in [1.807, 2.05) is 0 Å². The summed E-state index contributed by atoms with van der Waals surface area (Å²) in [5.74, 6) is 0.178. The number of amides is 2. The van der Waals surface area contributed by atoms with Gasteiger partial charge in [-0.1, -0.05) is 24.3 Å². The van der Waals surface area contributed by atoms with Crippen LogP contribution >= 0.6 is 15.9 Å². The van der Waals surface area contributed by atoms with E-state index >= 15 is 0 Å². The zero-order valence-corrected chi connectivity index (χ0v) is 15.3. The van der Waals surface area contributed by atoms with Gasteiger partial charge in [0.15, 0.2) is 11.5 Å². The van der Waals surface area contributed by atoms with Crippen LogP contribution in [0, 0.1) is 0 Å². The predicted octanol–water partition coefficient (Wildman–Crippen LogP) is 2.94. The molecule has 0 aliphatic rings. The Morgan fingerprint density at radius 1 is 1.00 bits per heavy atom. The Labute approximate surface area is 153 Å². The smallest absolute Gasteiger partial charge is 0.270 e. The molecule has 25 heavy (non-hydrogen) atoms. The number of hydrogen-bond donors (Lipinski definition) is 2. The largest absolute Gasteiger partial charge is 0.493 e. The Balaban J connectivity index is 2.00. The Kier molecular flexibility index (Phi) is 6.59. The lowest BCUT2D eigenvalue weighted by atomic mass is 10.1. The van der Waals surface area contributed by atoms with Crippen LogP contribution in [0.2, 0.25) is 0 Å². The number of rotatable bonds is 5. The molecule has 0 aliphatic carbocycles. The zero-order chi connectivity index (χ0) is 18.2. The lowest BCUT2D eigenvalue weighted by molar-refractivity contribution is -0.117. The van der Waals surface area contributed by atoms with Gasteiger partial charge in [-0.2, -0.15) is 0 Å². The Hall–Kier alpha value is -2.80. The van der Waals surface area contributed by atoms with Crippen molar-refractivity contribution >= 4 is 33.8 Å². The highest BCUT2D eigenvalue weighted by molar-refractivity contribution is 9.10. The van der Waals surface area contributed by atoms with E-state index in [1.165, 1.54) is 20.3 Å². The summed E-state index contributed by atoms with van der Waals surface area (Å²) in [7, 11) is 3.06. The third-order valence-corrected chi connectivity index (χ3v) is 3.96. The van der Waals surface area contributed by atoms with Gasteiger partial charge in [0, 0.05) is 16.1 Å². The minimum Gasteiger partial charge on any atom is -0.493 e. The number of halogens is 1. The molecule has 2 aromatic rings. The topological polar surface area (TPSA) is 76.7 Å². The van der Waals surface area contributed by atoms with Crippen molar-refractivity contribution in [1.29, 1.82) is 0 Å². The molecule has 0 fully saturated rings. The van der Waals surface area contributed by atoms with Gasteiger partial charge in [-0.15, -0.1) is 0 Å². The first-order chi connectivity index (χ1) is 12.1. The van der Waals surface area contributed by atoms with E-state index in [0.29, 0.717) is 27.1 Å². The molecule has 0 saturated carbocycles. The maximum atomic E-state index is 12.0. The van der Waals surface area contributed by atoms with E-state index in [4.69, 9.17) is 9.47 Å². The Bertz CT molecular complexity index is 805. The highest BCUT2D eigenvalue weighted by Gasteiger charge is 2.10. The first-order valence-corrected chi connectivity index (χ1v) is 8.10. The van der Waals surface area contributed by atoms with Crippen LogP contribution in [0.5, 0.6) is 11.5 Å². The molecular formula is C18H17BrN2O4. The van der Waals surface area contributed by atoms with E-state index in [1.54, 1.807) is 48.5 Å². The van der Waals surface area contributed by atoms with Gasteiger partial charge in [0.1, 0.15) is 0 Å². The monoisotopic (exact) mass is 404 g/mol. The van der Waals surface area contributed by atoms with E-state index in [2.05, 4.69) is 26.8 Å². The van der Waals surface area contributed by atoms with E-state index in [9.17, 15) is 9.59 Å². The lowest BCUT2D eigenvalue weighted by Gasteiger charge is -2.10. The molecule has 0 unspecified atom stereocenters. The first-order valence-electron chi connectivity index (χ1n) is 7.30. The number of ether oxygens (including phenoxy) is 2. The minimum atomic E-state index is -0.481. The second-order valence-electron chi connectivity index (χ2n) is 4.84. The number of hydrogen-bond acceptors (Lipinski definition) is 4. The average molecular weight is 405 g/mol. The quantitative estimate of drug-likeness (QED) is 0.593. The second-order valence-corrected chi connectivity index (χ2v) is 5.69. The molecule has 0 radical (unpaired) electrons. The van der Waals surface area contributed by atoms with Crippen molar-refractivity contribution < 1.29 is 19.1 Å². The van der Waals surface area contributed by atoms with Crippen molar-refractivity contribution in [3.8, 4) is 11.5 Å². The number of nitrogens with one attached hydrogen (secondary N) is 2. The fourth-order valence-electron chi connectivity index (χ4n) is 2.08. The SMILES string of the molecule is COc1cccc(/C=C/C(=O)NNC(=O)c2ccccc2Br)c1OC. The number of hydrazine groups is 1. The number of carbonyl (C=O) groups is 2. The summed E-state index contributed by atoms with van der Waals surface area (Å²) < 4.78 is 11.1. The molecule has 2 amide bonds. The fourth-order valence-corrected chi connectivity index (χ4v) is 2.55. The van der Waals surface area contributed by atoms with Crippen LogP contribution in [0.1, 0.15) is 15.9 Å². The van der Waals surface area contributed by atoms with Crippen LogP contribution in [0.25, 0.3) is 6.08 Å². The van der Waals surface area contributed by atoms with Gasteiger partial charge in [-0.25, -0.2) is 0 Å². The van der Waals surface area contributed by atoms with Gasteiger partial charge in [-0.3, -0.25) is 20.4 Å². The third-order valence-electron chi connectivity index (χ3n) is 3.27. The maximum absolute atomic E-state index is 12.0. The molecular weight excluding hydrogens is 388 g/mol. The minimum absolute atomic E-state index is 0.418. The molecule has 0 spiro atoms. The number of benzene rings is 2. The average Bonchev–Trinajstić information content (AvgIpc) is 2.64. The van der Waals surface area contributed by atoms with Crippen molar-refractivity contribution in [3.63, 3.8) is 0 Å². The van der Waals surface area contributed by atoms with Crippen LogP contribution < -0.4 is 20.3 Å². The maximum Gasteiger partial charge on any atom is 0.270 e. The van der Waals surface area contributed by atoms with Crippen LogP contribution in [0.15, 0.2) is 53.0 Å². The first kappa shape index (κ1) is 18.5. The summed E-state index contributed by atoms with van der Waals surface area (Å²) in [5.41, 5.74) is 5.77. The summed E-state index contributed by atoms with van der Waals surface area (Å²) in [4.78, 5) is 23.9. The summed E-state index contributed by atoms with van der Waals surface area (Å²) in [6, 6.07) is 12.2. The summed E-state index contributed by atoms with van der Waals surface area (Å²) in [6.45, 7) is 0.